The van der Waals surface area contributed by atoms with Gasteiger partial charge in [-0.3, -0.25) is 4.79 Å². The lowest BCUT2D eigenvalue weighted by atomic mass is 10.1. The number of carbonyl (C=O) groups excluding carboxylic acids is 1. The van der Waals surface area contributed by atoms with Gasteiger partial charge in [0.15, 0.2) is 0 Å². The third-order valence-corrected chi connectivity index (χ3v) is 4.63. The molecule has 0 aliphatic heterocycles. The summed E-state index contributed by atoms with van der Waals surface area (Å²) in [5.41, 5.74) is 1.10. The smallest absolute Gasteiger partial charge is 0.225 e. The first-order chi connectivity index (χ1) is 11.5. The zero-order chi connectivity index (χ0) is 17.1. The molecule has 2 aromatic heterocycles. The summed E-state index contributed by atoms with van der Waals surface area (Å²) in [6.07, 6.45) is 1.08. The Morgan fingerprint density at radius 2 is 1.96 bits per heavy atom. The standard InChI is InChI=1S/C18H19N3O2S/c1-11-10-15-17(19-12(2)20-18(15)24-11)21-16(22)9-6-13-4-7-14(23-3)8-5-13/h4-5,7-8,10H,6,9H2,1-3H3,(H,19,20,21,22). The van der Waals surface area contributed by atoms with Crippen LogP contribution >= 0.6 is 11.3 Å². The highest BCUT2D eigenvalue weighted by Crippen LogP contribution is 2.28. The van der Waals surface area contributed by atoms with Crippen LogP contribution in [0.1, 0.15) is 22.7 Å². The van der Waals surface area contributed by atoms with Crippen molar-refractivity contribution in [3.05, 3.63) is 46.6 Å². The van der Waals surface area contributed by atoms with E-state index in [0.717, 1.165) is 26.4 Å². The Hall–Kier alpha value is -2.47. The van der Waals surface area contributed by atoms with Gasteiger partial charge in [-0.1, -0.05) is 12.1 Å². The van der Waals surface area contributed by atoms with Crippen molar-refractivity contribution in [2.75, 3.05) is 12.4 Å². The normalized spacial score (nSPS) is 10.8. The average molecular weight is 341 g/mol. The van der Waals surface area contributed by atoms with Crippen LogP contribution in [0.15, 0.2) is 30.3 Å². The van der Waals surface area contributed by atoms with Gasteiger partial charge in [0.1, 0.15) is 22.2 Å². The summed E-state index contributed by atoms with van der Waals surface area (Å²) in [6, 6.07) is 9.76. The molecular formula is C18H19N3O2S. The van der Waals surface area contributed by atoms with Crippen molar-refractivity contribution in [1.29, 1.82) is 0 Å². The zero-order valence-electron chi connectivity index (χ0n) is 13.9. The Labute approximate surface area is 144 Å². The number of anilines is 1. The molecule has 1 amide bonds. The second kappa shape index (κ2) is 6.97. The highest BCUT2D eigenvalue weighted by Gasteiger charge is 2.12. The number of benzene rings is 1. The molecule has 3 rings (SSSR count). The van der Waals surface area contributed by atoms with Crippen molar-refractivity contribution in [3.8, 4) is 5.75 Å². The first-order valence-corrected chi connectivity index (χ1v) is 8.54. The molecule has 0 atom stereocenters. The highest BCUT2D eigenvalue weighted by molar-refractivity contribution is 7.18. The minimum atomic E-state index is -0.0472. The average Bonchev–Trinajstić information content (AvgIpc) is 2.93. The van der Waals surface area contributed by atoms with Crippen LogP contribution in [-0.4, -0.2) is 23.0 Å². The first-order valence-electron chi connectivity index (χ1n) is 7.72. The molecule has 0 saturated heterocycles. The lowest BCUT2D eigenvalue weighted by Crippen LogP contribution is -2.14. The van der Waals surface area contributed by atoms with Gasteiger partial charge in [0.25, 0.3) is 0 Å². The number of amides is 1. The maximum atomic E-state index is 12.3. The van der Waals surface area contributed by atoms with Crippen LogP contribution < -0.4 is 10.1 Å². The Kier molecular flexibility index (Phi) is 4.76. The van der Waals surface area contributed by atoms with E-state index in [2.05, 4.69) is 15.3 Å². The third kappa shape index (κ3) is 3.71. The SMILES string of the molecule is COc1ccc(CCC(=O)Nc2nc(C)nc3sc(C)cc23)cc1. The van der Waals surface area contributed by atoms with Gasteiger partial charge >= 0.3 is 0 Å². The number of fused-ring (bicyclic) bond motifs is 1. The molecule has 1 N–H and O–H groups in total. The van der Waals surface area contributed by atoms with E-state index in [9.17, 15) is 4.79 Å². The van der Waals surface area contributed by atoms with Gasteiger partial charge in [0.2, 0.25) is 5.91 Å². The van der Waals surface area contributed by atoms with Crippen LogP contribution in [0.2, 0.25) is 0 Å². The number of hydrogen-bond donors (Lipinski definition) is 1. The van der Waals surface area contributed by atoms with Gasteiger partial charge in [-0.15, -0.1) is 11.3 Å². The summed E-state index contributed by atoms with van der Waals surface area (Å²) in [7, 11) is 1.64. The Bertz CT molecular complexity index is 872. The van der Waals surface area contributed by atoms with Gasteiger partial charge in [-0.25, -0.2) is 9.97 Å². The summed E-state index contributed by atoms with van der Waals surface area (Å²) in [6.45, 7) is 3.86. The van der Waals surface area contributed by atoms with E-state index in [1.165, 1.54) is 0 Å². The summed E-state index contributed by atoms with van der Waals surface area (Å²) < 4.78 is 5.14. The number of nitrogens with zero attached hydrogens (tertiary/aromatic N) is 2. The Morgan fingerprint density at radius 1 is 1.21 bits per heavy atom. The summed E-state index contributed by atoms with van der Waals surface area (Å²) in [5.74, 6) is 2.03. The van der Waals surface area contributed by atoms with E-state index in [1.54, 1.807) is 18.4 Å². The third-order valence-electron chi connectivity index (χ3n) is 3.69. The number of thiophene rings is 1. The number of methoxy groups -OCH3 is 1. The van der Waals surface area contributed by atoms with Gasteiger partial charge < -0.3 is 10.1 Å². The maximum absolute atomic E-state index is 12.3. The molecule has 0 aliphatic carbocycles. The number of ether oxygens (including phenoxy) is 1. The van der Waals surface area contributed by atoms with Gasteiger partial charge in [-0.2, -0.15) is 0 Å². The zero-order valence-corrected chi connectivity index (χ0v) is 14.7. The van der Waals surface area contributed by atoms with Crippen molar-refractivity contribution in [3.63, 3.8) is 0 Å². The second-order valence-electron chi connectivity index (χ2n) is 5.59. The van der Waals surface area contributed by atoms with E-state index >= 15 is 0 Å². The van der Waals surface area contributed by atoms with E-state index in [-0.39, 0.29) is 5.91 Å². The van der Waals surface area contributed by atoms with Crippen LogP contribution in [0.5, 0.6) is 5.75 Å². The monoisotopic (exact) mass is 341 g/mol. The Balaban J connectivity index is 1.68. The molecule has 5 nitrogen and oxygen atoms in total. The second-order valence-corrected chi connectivity index (χ2v) is 6.83. The molecule has 0 bridgehead atoms. The van der Waals surface area contributed by atoms with Crippen molar-refractivity contribution >= 4 is 33.3 Å². The molecule has 0 fully saturated rings. The van der Waals surface area contributed by atoms with Crippen molar-refractivity contribution in [2.24, 2.45) is 0 Å². The molecule has 1 aromatic carbocycles. The molecule has 3 aromatic rings. The van der Waals surface area contributed by atoms with Crippen LogP contribution in [0.3, 0.4) is 0 Å². The summed E-state index contributed by atoms with van der Waals surface area (Å²) in [4.78, 5) is 23.1. The van der Waals surface area contributed by atoms with Crippen LogP contribution in [0.25, 0.3) is 10.2 Å². The molecule has 0 unspecified atom stereocenters. The number of rotatable bonds is 5. The largest absolute Gasteiger partial charge is 0.497 e. The molecule has 124 valence electrons. The lowest BCUT2D eigenvalue weighted by Gasteiger charge is -2.07. The molecule has 0 spiro atoms. The van der Waals surface area contributed by atoms with Crippen molar-refractivity contribution < 1.29 is 9.53 Å². The molecule has 2 heterocycles. The molecular weight excluding hydrogens is 322 g/mol. The van der Waals surface area contributed by atoms with Gasteiger partial charge in [0, 0.05) is 11.3 Å². The van der Waals surface area contributed by atoms with E-state index < -0.39 is 0 Å². The minimum absolute atomic E-state index is 0.0472. The quantitative estimate of drug-likeness (QED) is 0.765. The highest BCUT2D eigenvalue weighted by atomic mass is 32.1. The van der Waals surface area contributed by atoms with E-state index in [4.69, 9.17) is 4.74 Å². The molecule has 0 saturated carbocycles. The summed E-state index contributed by atoms with van der Waals surface area (Å²) in [5, 5.41) is 3.83. The van der Waals surface area contributed by atoms with Crippen LogP contribution in [0.4, 0.5) is 5.82 Å². The minimum Gasteiger partial charge on any atom is -0.497 e. The number of aromatic nitrogens is 2. The van der Waals surface area contributed by atoms with E-state index in [0.29, 0.717) is 24.5 Å². The number of hydrogen-bond acceptors (Lipinski definition) is 5. The van der Waals surface area contributed by atoms with Crippen molar-refractivity contribution in [2.45, 2.75) is 26.7 Å². The molecule has 24 heavy (non-hydrogen) atoms. The predicted octanol–water partition coefficient (Wildman–Crippen LogP) is 3.89. The summed E-state index contributed by atoms with van der Waals surface area (Å²) >= 11 is 1.61. The van der Waals surface area contributed by atoms with Crippen LogP contribution in [0, 0.1) is 13.8 Å². The fraction of sp³-hybridized carbons (Fsp3) is 0.278. The molecule has 0 aliphatic rings. The van der Waals surface area contributed by atoms with Gasteiger partial charge in [-0.05, 0) is 44.0 Å². The number of carbonyl (C=O) groups is 1. The molecule has 0 radical (unpaired) electrons. The fourth-order valence-electron chi connectivity index (χ4n) is 2.49. The van der Waals surface area contributed by atoms with Crippen molar-refractivity contribution in [1.82, 2.24) is 9.97 Å². The van der Waals surface area contributed by atoms with E-state index in [1.807, 2.05) is 44.2 Å². The van der Waals surface area contributed by atoms with Crippen LogP contribution in [-0.2, 0) is 11.2 Å². The molecule has 6 heteroatoms. The first kappa shape index (κ1) is 16.4. The van der Waals surface area contributed by atoms with Gasteiger partial charge in [0.05, 0.1) is 12.5 Å². The number of aryl methyl sites for hydroxylation is 3. The Morgan fingerprint density at radius 3 is 2.67 bits per heavy atom. The maximum Gasteiger partial charge on any atom is 0.225 e. The number of nitrogens with one attached hydrogen (secondary N) is 1. The predicted molar refractivity (Wildman–Crippen MR) is 96.8 cm³/mol. The fourth-order valence-corrected chi connectivity index (χ4v) is 3.41. The lowest BCUT2D eigenvalue weighted by molar-refractivity contribution is -0.116. The topological polar surface area (TPSA) is 64.1 Å².